The van der Waals surface area contributed by atoms with Crippen LogP contribution in [0.4, 0.5) is 4.39 Å². The van der Waals surface area contributed by atoms with Crippen LogP contribution in [0.1, 0.15) is 5.89 Å². The third kappa shape index (κ3) is 3.06. The highest BCUT2D eigenvalue weighted by molar-refractivity contribution is 7.99. The first-order valence-electron chi connectivity index (χ1n) is 6.94. The Morgan fingerprint density at radius 2 is 2.00 bits per heavy atom. The molecule has 0 bridgehead atoms. The summed E-state index contributed by atoms with van der Waals surface area (Å²) < 4.78 is 23.8. The molecular formula is C15H10FN5O2S. The molecule has 9 heteroatoms. The van der Waals surface area contributed by atoms with Crippen molar-refractivity contribution in [2.45, 2.75) is 16.9 Å². The topological polar surface area (TPSA) is 89.7 Å². The summed E-state index contributed by atoms with van der Waals surface area (Å²) >= 11 is 1.25. The maximum absolute atomic E-state index is 12.8. The molecule has 1 aromatic carbocycles. The van der Waals surface area contributed by atoms with Crippen molar-refractivity contribution in [1.82, 2.24) is 25.1 Å². The van der Waals surface area contributed by atoms with Gasteiger partial charge in [-0.05, 0) is 42.1 Å². The number of aromatic amines is 1. The van der Waals surface area contributed by atoms with Gasteiger partial charge in [-0.15, -0.1) is 10.2 Å². The van der Waals surface area contributed by atoms with E-state index in [2.05, 4.69) is 25.1 Å². The number of rotatable bonds is 5. The van der Waals surface area contributed by atoms with Gasteiger partial charge in [0, 0.05) is 6.20 Å². The van der Waals surface area contributed by atoms with E-state index in [-0.39, 0.29) is 12.4 Å². The van der Waals surface area contributed by atoms with Gasteiger partial charge in [-0.3, -0.25) is 0 Å². The summed E-state index contributed by atoms with van der Waals surface area (Å²) in [6.45, 7) is 0.0997. The Hall–Kier alpha value is -2.94. The van der Waals surface area contributed by atoms with Gasteiger partial charge in [0.2, 0.25) is 0 Å². The molecule has 0 fully saturated rings. The fraction of sp³-hybridized carbons (Fsp3) is 0.0667. The van der Waals surface area contributed by atoms with Crippen LogP contribution < -0.4 is 4.74 Å². The minimum atomic E-state index is -0.320. The molecule has 24 heavy (non-hydrogen) atoms. The molecule has 4 rings (SSSR count). The van der Waals surface area contributed by atoms with Crippen LogP contribution in [-0.2, 0) is 6.61 Å². The number of benzene rings is 1. The molecule has 7 nitrogen and oxygen atoms in total. The molecule has 3 heterocycles. The molecule has 0 amide bonds. The second-order valence-electron chi connectivity index (χ2n) is 4.73. The van der Waals surface area contributed by atoms with E-state index in [1.165, 1.54) is 42.4 Å². The van der Waals surface area contributed by atoms with E-state index in [1.54, 1.807) is 6.20 Å². The van der Waals surface area contributed by atoms with Crippen molar-refractivity contribution in [3.8, 4) is 5.75 Å². The molecule has 0 spiro atoms. The molecule has 4 aromatic rings. The lowest BCUT2D eigenvalue weighted by atomic mass is 10.3. The van der Waals surface area contributed by atoms with E-state index in [0.29, 0.717) is 16.9 Å². The minimum absolute atomic E-state index is 0.0997. The molecule has 120 valence electrons. The quantitative estimate of drug-likeness (QED) is 0.556. The highest BCUT2D eigenvalue weighted by Crippen LogP contribution is 2.29. The van der Waals surface area contributed by atoms with Gasteiger partial charge < -0.3 is 14.1 Å². The Labute approximate surface area is 139 Å². The van der Waals surface area contributed by atoms with Gasteiger partial charge in [0.15, 0.2) is 6.61 Å². The zero-order valence-corrected chi connectivity index (χ0v) is 13.0. The second-order valence-corrected chi connectivity index (χ2v) is 5.67. The normalized spacial score (nSPS) is 11.0. The molecule has 0 aliphatic carbocycles. The Morgan fingerprint density at radius 3 is 2.88 bits per heavy atom. The summed E-state index contributed by atoms with van der Waals surface area (Å²) in [6.07, 6.45) is 3.26. The van der Waals surface area contributed by atoms with Gasteiger partial charge in [-0.1, -0.05) is 0 Å². The van der Waals surface area contributed by atoms with Crippen molar-refractivity contribution in [3.63, 3.8) is 0 Å². The highest BCUT2D eigenvalue weighted by Gasteiger charge is 2.12. The van der Waals surface area contributed by atoms with Gasteiger partial charge in [0.25, 0.3) is 11.1 Å². The van der Waals surface area contributed by atoms with Crippen LogP contribution in [0.2, 0.25) is 0 Å². The molecule has 3 aromatic heterocycles. The van der Waals surface area contributed by atoms with Crippen LogP contribution in [0.25, 0.3) is 11.0 Å². The van der Waals surface area contributed by atoms with Gasteiger partial charge in [0.1, 0.15) is 28.6 Å². The van der Waals surface area contributed by atoms with Gasteiger partial charge in [-0.25, -0.2) is 14.4 Å². The average Bonchev–Trinajstić information content (AvgIpc) is 3.24. The molecule has 0 radical (unpaired) electrons. The Balaban J connectivity index is 1.45. The molecule has 0 aliphatic rings. The van der Waals surface area contributed by atoms with Crippen molar-refractivity contribution in [2.24, 2.45) is 0 Å². The number of H-pyrrole nitrogens is 1. The first-order chi connectivity index (χ1) is 11.8. The summed E-state index contributed by atoms with van der Waals surface area (Å²) in [6, 6.07) is 7.59. The standard InChI is InChI=1S/C15H10FN5O2S/c16-9-1-3-10(4-2-9)22-7-12-20-21-15(23-12)24-14-11-5-6-17-13(11)18-8-19-14/h1-6,8H,7H2,(H,17,18,19). The Bertz CT molecular complexity index is 969. The first kappa shape index (κ1) is 14.6. The third-order valence-corrected chi connectivity index (χ3v) is 3.98. The zero-order chi connectivity index (χ0) is 16.4. The molecule has 0 saturated heterocycles. The van der Waals surface area contributed by atoms with E-state index in [9.17, 15) is 4.39 Å². The summed E-state index contributed by atoms with van der Waals surface area (Å²) in [5.41, 5.74) is 0.742. The smallest absolute Gasteiger partial charge is 0.283 e. The molecule has 1 N–H and O–H groups in total. The monoisotopic (exact) mass is 343 g/mol. The SMILES string of the molecule is Fc1ccc(OCc2nnc(Sc3ncnc4[nH]ccc34)o2)cc1. The number of nitrogens with zero attached hydrogens (tertiary/aromatic N) is 4. The Kier molecular flexibility index (Phi) is 3.83. The van der Waals surface area contributed by atoms with E-state index in [0.717, 1.165) is 16.1 Å². The lowest BCUT2D eigenvalue weighted by Crippen LogP contribution is -1.95. The number of aromatic nitrogens is 5. The maximum atomic E-state index is 12.8. The van der Waals surface area contributed by atoms with Crippen LogP contribution in [0.5, 0.6) is 5.75 Å². The predicted octanol–water partition coefficient (Wildman–Crippen LogP) is 3.21. The molecular weight excluding hydrogens is 333 g/mol. The first-order valence-corrected chi connectivity index (χ1v) is 7.76. The van der Waals surface area contributed by atoms with Crippen LogP contribution in [0.15, 0.2) is 57.5 Å². The van der Waals surface area contributed by atoms with Crippen LogP contribution in [0.3, 0.4) is 0 Å². The lowest BCUT2D eigenvalue weighted by molar-refractivity contribution is 0.252. The van der Waals surface area contributed by atoms with Crippen molar-refractivity contribution in [1.29, 1.82) is 0 Å². The molecule has 0 atom stereocenters. The van der Waals surface area contributed by atoms with Gasteiger partial charge in [-0.2, -0.15) is 0 Å². The summed E-state index contributed by atoms with van der Waals surface area (Å²) in [5.74, 6) is 0.523. The Morgan fingerprint density at radius 1 is 1.12 bits per heavy atom. The molecule has 0 unspecified atom stereocenters. The molecule has 0 aliphatic heterocycles. The van der Waals surface area contributed by atoms with Crippen LogP contribution >= 0.6 is 11.8 Å². The maximum Gasteiger partial charge on any atom is 0.283 e. The summed E-state index contributed by atoms with van der Waals surface area (Å²) in [5, 5.41) is 9.84. The van der Waals surface area contributed by atoms with Crippen molar-refractivity contribution >= 4 is 22.8 Å². The number of ether oxygens (including phenoxy) is 1. The van der Waals surface area contributed by atoms with Crippen LogP contribution in [0, 0.1) is 5.82 Å². The number of nitrogens with one attached hydrogen (secondary N) is 1. The largest absolute Gasteiger partial charge is 0.484 e. The summed E-state index contributed by atoms with van der Waals surface area (Å²) in [4.78, 5) is 11.4. The van der Waals surface area contributed by atoms with E-state index >= 15 is 0 Å². The highest BCUT2D eigenvalue weighted by atomic mass is 32.2. The number of hydrogen-bond acceptors (Lipinski definition) is 7. The second kappa shape index (κ2) is 6.28. The fourth-order valence-electron chi connectivity index (χ4n) is 2.03. The summed E-state index contributed by atoms with van der Waals surface area (Å²) in [7, 11) is 0. The van der Waals surface area contributed by atoms with Crippen molar-refractivity contribution < 1.29 is 13.5 Å². The van der Waals surface area contributed by atoms with E-state index in [1.807, 2.05) is 6.07 Å². The minimum Gasteiger partial charge on any atom is -0.484 e. The lowest BCUT2D eigenvalue weighted by Gasteiger charge is -2.02. The number of hydrogen-bond donors (Lipinski definition) is 1. The molecule has 0 saturated carbocycles. The van der Waals surface area contributed by atoms with Crippen LogP contribution in [-0.4, -0.2) is 25.1 Å². The predicted molar refractivity (Wildman–Crippen MR) is 83.0 cm³/mol. The van der Waals surface area contributed by atoms with Gasteiger partial charge >= 0.3 is 0 Å². The fourth-order valence-corrected chi connectivity index (χ4v) is 2.79. The number of halogens is 1. The average molecular weight is 343 g/mol. The zero-order valence-electron chi connectivity index (χ0n) is 12.1. The van der Waals surface area contributed by atoms with E-state index < -0.39 is 0 Å². The number of fused-ring (bicyclic) bond motifs is 1. The van der Waals surface area contributed by atoms with Gasteiger partial charge in [0.05, 0.1) is 5.39 Å². The van der Waals surface area contributed by atoms with Crippen molar-refractivity contribution in [2.75, 3.05) is 0 Å². The van der Waals surface area contributed by atoms with Crippen molar-refractivity contribution in [3.05, 3.63) is 54.6 Å². The van der Waals surface area contributed by atoms with E-state index in [4.69, 9.17) is 9.15 Å². The third-order valence-electron chi connectivity index (χ3n) is 3.13.